The number of carbonyl (C=O) groups excluding carboxylic acids is 1. The Morgan fingerprint density at radius 1 is 1.58 bits per heavy atom. The molecule has 66 valence electrons. The van der Waals surface area contributed by atoms with Crippen LogP contribution in [0.15, 0.2) is 11.8 Å². The number of aliphatic hydroxyl groups excluding tert-OH is 1. The van der Waals surface area contributed by atoms with E-state index < -0.39 is 12.1 Å². The van der Waals surface area contributed by atoms with Crippen LogP contribution in [0.1, 0.15) is 12.8 Å². The minimum absolute atomic E-state index is 0.0648. The maximum absolute atomic E-state index is 10.8. The normalized spacial score (nSPS) is 23.2. The van der Waals surface area contributed by atoms with Crippen LogP contribution in [0, 0.1) is 0 Å². The monoisotopic (exact) mass is 171 g/mol. The van der Waals surface area contributed by atoms with Crippen LogP contribution in [-0.2, 0) is 4.79 Å². The maximum Gasteiger partial charge on any atom is 0.404 e. The average Bonchev–Trinajstić information content (AvgIpc) is 1.81. The summed E-state index contributed by atoms with van der Waals surface area (Å²) in [6, 6.07) is -0.486. The topological polar surface area (TPSA) is 86.6 Å². The van der Waals surface area contributed by atoms with E-state index in [2.05, 4.69) is 5.32 Å². The molecule has 5 nitrogen and oxygen atoms in total. The Balaban J connectivity index is 2.55. The first kappa shape index (κ1) is 8.58. The van der Waals surface area contributed by atoms with Crippen LogP contribution in [0.3, 0.4) is 0 Å². The first-order valence-corrected chi connectivity index (χ1v) is 3.50. The fourth-order valence-corrected chi connectivity index (χ4v) is 1.15. The largest absolute Gasteiger partial charge is 0.512 e. The number of carbonyl (C=O) groups is 2. The molecule has 1 atom stereocenters. The summed E-state index contributed by atoms with van der Waals surface area (Å²) in [5.41, 5.74) is 0. The lowest BCUT2D eigenvalue weighted by atomic mass is 10.00. The number of carboxylic acid groups (broad SMARTS) is 1. The van der Waals surface area contributed by atoms with Gasteiger partial charge in [0.15, 0.2) is 5.78 Å². The van der Waals surface area contributed by atoms with Crippen molar-refractivity contribution in [1.29, 1.82) is 0 Å². The highest BCUT2D eigenvalue weighted by Crippen LogP contribution is 2.13. The lowest BCUT2D eigenvalue weighted by molar-refractivity contribution is -0.115. The van der Waals surface area contributed by atoms with E-state index in [1.807, 2.05) is 0 Å². The summed E-state index contributed by atoms with van der Waals surface area (Å²) in [6.07, 6.45) is 0.261. The number of hydrogen-bond acceptors (Lipinski definition) is 3. The molecule has 1 aliphatic rings. The molecule has 0 aromatic carbocycles. The van der Waals surface area contributed by atoms with Gasteiger partial charge in [0.05, 0.1) is 5.76 Å². The van der Waals surface area contributed by atoms with E-state index in [9.17, 15) is 9.59 Å². The molecule has 0 aromatic rings. The van der Waals surface area contributed by atoms with Crippen LogP contribution >= 0.6 is 0 Å². The fourth-order valence-electron chi connectivity index (χ4n) is 1.15. The van der Waals surface area contributed by atoms with Crippen molar-refractivity contribution in [2.45, 2.75) is 18.9 Å². The summed E-state index contributed by atoms with van der Waals surface area (Å²) >= 11 is 0. The molecule has 0 heterocycles. The van der Waals surface area contributed by atoms with Gasteiger partial charge in [0.1, 0.15) is 0 Å². The van der Waals surface area contributed by atoms with Gasteiger partial charge in [-0.05, 0) is 0 Å². The van der Waals surface area contributed by atoms with Crippen LogP contribution in [0.5, 0.6) is 0 Å². The van der Waals surface area contributed by atoms with E-state index in [-0.39, 0.29) is 24.4 Å². The molecular weight excluding hydrogens is 162 g/mol. The Bertz CT molecular complexity index is 246. The molecule has 0 aromatic heterocycles. The van der Waals surface area contributed by atoms with Crippen molar-refractivity contribution in [3.05, 3.63) is 11.8 Å². The Labute approximate surface area is 68.7 Å². The number of nitrogens with one attached hydrogen (secondary N) is 1. The van der Waals surface area contributed by atoms with Gasteiger partial charge in [-0.2, -0.15) is 0 Å². The molecule has 0 fully saturated rings. The van der Waals surface area contributed by atoms with Crippen molar-refractivity contribution in [1.82, 2.24) is 5.32 Å². The molecular formula is C7H9NO4. The first-order valence-electron chi connectivity index (χ1n) is 3.50. The van der Waals surface area contributed by atoms with Crippen LogP contribution in [-0.4, -0.2) is 28.1 Å². The summed E-state index contributed by atoms with van der Waals surface area (Å²) in [6.45, 7) is 0. The van der Waals surface area contributed by atoms with Gasteiger partial charge in [-0.15, -0.1) is 0 Å². The number of allylic oxidation sites excluding steroid dienone is 1. The first-order chi connectivity index (χ1) is 5.58. The summed E-state index contributed by atoms with van der Waals surface area (Å²) in [4.78, 5) is 21.0. The van der Waals surface area contributed by atoms with Crippen molar-refractivity contribution in [2.24, 2.45) is 0 Å². The van der Waals surface area contributed by atoms with Crippen molar-refractivity contribution >= 4 is 11.9 Å². The highest BCUT2D eigenvalue weighted by molar-refractivity contribution is 5.91. The maximum atomic E-state index is 10.8. The Morgan fingerprint density at radius 2 is 2.25 bits per heavy atom. The van der Waals surface area contributed by atoms with E-state index in [1.54, 1.807) is 0 Å². The zero-order chi connectivity index (χ0) is 9.14. The molecule has 0 bridgehead atoms. The molecule has 1 aliphatic carbocycles. The zero-order valence-electron chi connectivity index (χ0n) is 6.28. The van der Waals surface area contributed by atoms with Crippen LogP contribution in [0.4, 0.5) is 4.79 Å². The van der Waals surface area contributed by atoms with Crippen LogP contribution in [0.2, 0.25) is 0 Å². The van der Waals surface area contributed by atoms with Gasteiger partial charge in [0.25, 0.3) is 0 Å². The number of aliphatic hydroxyl groups is 1. The van der Waals surface area contributed by atoms with Crippen molar-refractivity contribution in [3.63, 3.8) is 0 Å². The molecule has 3 N–H and O–H groups in total. The molecule has 0 spiro atoms. The van der Waals surface area contributed by atoms with Gasteiger partial charge in [0.2, 0.25) is 0 Å². The smallest absolute Gasteiger partial charge is 0.404 e. The quantitative estimate of drug-likeness (QED) is 0.533. The van der Waals surface area contributed by atoms with E-state index in [4.69, 9.17) is 10.2 Å². The van der Waals surface area contributed by atoms with E-state index in [1.165, 1.54) is 0 Å². The predicted molar refractivity (Wildman–Crippen MR) is 39.9 cm³/mol. The average molecular weight is 171 g/mol. The number of ketones is 1. The third kappa shape index (κ3) is 2.26. The van der Waals surface area contributed by atoms with Crippen molar-refractivity contribution in [2.75, 3.05) is 0 Å². The summed E-state index contributed by atoms with van der Waals surface area (Å²) < 4.78 is 0. The van der Waals surface area contributed by atoms with Gasteiger partial charge < -0.3 is 15.5 Å². The molecule has 1 unspecified atom stereocenters. The second-order valence-corrected chi connectivity index (χ2v) is 2.66. The highest BCUT2D eigenvalue weighted by Gasteiger charge is 2.21. The lowest BCUT2D eigenvalue weighted by Crippen LogP contribution is -2.37. The minimum atomic E-state index is -1.18. The molecule has 0 radical (unpaired) electrons. The van der Waals surface area contributed by atoms with Gasteiger partial charge in [-0.3, -0.25) is 4.79 Å². The SMILES string of the molecule is O=C1C=C(O)CC(NC(=O)O)C1. The zero-order valence-corrected chi connectivity index (χ0v) is 6.28. The summed E-state index contributed by atoms with van der Waals surface area (Å²) in [5, 5.41) is 19.4. The van der Waals surface area contributed by atoms with E-state index >= 15 is 0 Å². The van der Waals surface area contributed by atoms with Gasteiger partial charge >= 0.3 is 6.09 Å². The second-order valence-electron chi connectivity index (χ2n) is 2.66. The van der Waals surface area contributed by atoms with Gasteiger partial charge in [-0.1, -0.05) is 0 Å². The Kier molecular flexibility index (Phi) is 2.32. The minimum Gasteiger partial charge on any atom is -0.512 e. The lowest BCUT2D eigenvalue weighted by Gasteiger charge is -2.18. The third-order valence-electron chi connectivity index (χ3n) is 1.56. The van der Waals surface area contributed by atoms with Crippen LogP contribution < -0.4 is 5.32 Å². The summed E-state index contributed by atoms with van der Waals surface area (Å²) in [7, 11) is 0. The summed E-state index contributed by atoms with van der Waals surface area (Å²) in [5.74, 6) is -0.317. The molecule has 5 heteroatoms. The second kappa shape index (κ2) is 3.25. The highest BCUT2D eigenvalue weighted by atomic mass is 16.4. The Hall–Kier alpha value is -1.52. The molecule has 12 heavy (non-hydrogen) atoms. The van der Waals surface area contributed by atoms with Crippen molar-refractivity contribution < 1.29 is 19.8 Å². The predicted octanol–water partition coefficient (Wildman–Crippen LogP) is 0.427. The molecule has 0 aliphatic heterocycles. The van der Waals surface area contributed by atoms with Gasteiger partial charge in [-0.25, -0.2) is 4.79 Å². The van der Waals surface area contributed by atoms with Crippen LogP contribution in [0.25, 0.3) is 0 Å². The molecule has 1 rings (SSSR count). The number of hydrogen-bond donors (Lipinski definition) is 3. The molecule has 1 amide bonds. The number of amides is 1. The van der Waals surface area contributed by atoms with E-state index in [0.29, 0.717) is 0 Å². The fraction of sp³-hybridized carbons (Fsp3) is 0.429. The standard InChI is InChI=1S/C7H9NO4/c9-5-1-4(8-7(11)12)2-6(10)3-5/h3-4,8-9H,1-2H2,(H,11,12). The Morgan fingerprint density at radius 3 is 2.75 bits per heavy atom. The molecule has 0 saturated carbocycles. The van der Waals surface area contributed by atoms with E-state index in [0.717, 1.165) is 6.08 Å². The van der Waals surface area contributed by atoms with Gasteiger partial charge in [0, 0.05) is 25.0 Å². The molecule has 0 saturated heterocycles. The van der Waals surface area contributed by atoms with Crippen molar-refractivity contribution in [3.8, 4) is 0 Å². The third-order valence-corrected chi connectivity index (χ3v) is 1.56. The number of rotatable bonds is 1.